The number of nitro groups is 1. The Morgan fingerprint density at radius 3 is 2.79 bits per heavy atom. The van der Waals surface area contributed by atoms with Crippen LogP contribution >= 0.6 is 0 Å². The second-order valence-corrected chi connectivity index (χ2v) is 6.18. The molecule has 0 fully saturated rings. The van der Waals surface area contributed by atoms with Gasteiger partial charge in [-0.25, -0.2) is 0 Å². The van der Waals surface area contributed by atoms with Gasteiger partial charge in [-0.1, -0.05) is 6.92 Å². The first-order chi connectivity index (χ1) is 13.9. The number of anilines is 1. The van der Waals surface area contributed by atoms with Gasteiger partial charge < -0.3 is 15.1 Å². The van der Waals surface area contributed by atoms with Crippen LogP contribution < -0.4 is 10.6 Å². The standard InChI is InChI=1S/C17H19N7O5/c1-3-14(23-9-11(7-19-23)24(27)28)16(25)20-13-10-22(2)21-15(13)17(26)18-8-12-5-4-6-29-12/h4-7,9-10,14H,3,8H2,1-2H3,(H,18,26)(H,20,25). The maximum atomic E-state index is 12.7. The van der Waals surface area contributed by atoms with Crippen molar-refractivity contribution in [2.45, 2.75) is 25.9 Å². The van der Waals surface area contributed by atoms with Gasteiger partial charge in [-0.3, -0.25) is 29.1 Å². The predicted octanol–water partition coefficient (Wildman–Crippen LogP) is 1.64. The third kappa shape index (κ3) is 4.48. The van der Waals surface area contributed by atoms with Gasteiger partial charge in [0.05, 0.1) is 23.4 Å². The smallest absolute Gasteiger partial charge is 0.307 e. The molecule has 12 nitrogen and oxygen atoms in total. The van der Waals surface area contributed by atoms with Gasteiger partial charge in [0.1, 0.15) is 24.2 Å². The normalized spacial score (nSPS) is 11.8. The van der Waals surface area contributed by atoms with Crippen LogP contribution in [0.25, 0.3) is 0 Å². The minimum atomic E-state index is -0.789. The van der Waals surface area contributed by atoms with E-state index in [1.165, 1.54) is 28.0 Å². The summed E-state index contributed by atoms with van der Waals surface area (Å²) in [6, 6.07) is 2.64. The van der Waals surface area contributed by atoms with Gasteiger partial charge >= 0.3 is 5.69 Å². The second kappa shape index (κ2) is 8.37. The fourth-order valence-electron chi connectivity index (χ4n) is 2.71. The molecule has 2 N–H and O–H groups in total. The maximum Gasteiger partial charge on any atom is 0.307 e. The largest absolute Gasteiger partial charge is 0.467 e. The minimum Gasteiger partial charge on any atom is -0.467 e. The summed E-state index contributed by atoms with van der Waals surface area (Å²) in [5, 5.41) is 24.2. The molecule has 0 aliphatic rings. The van der Waals surface area contributed by atoms with Crippen molar-refractivity contribution >= 4 is 23.2 Å². The summed E-state index contributed by atoms with van der Waals surface area (Å²) in [5.74, 6) is -0.384. The Morgan fingerprint density at radius 2 is 2.17 bits per heavy atom. The Kier molecular flexibility index (Phi) is 5.71. The van der Waals surface area contributed by atoms with E-state index >= 15 is 0 Å². The SMILES string of the molecule is CCC(C(=O)Nc1cn(C)nc1C(=O)NCc1ccco1)n1cc([N+](=O)[O-])cn1. The van der Waals surface area contributed by atoms with Crippen LogP contribution in [0.5, 0.6) is 0 Å². The molecule has 0 spiro atoms. The number of furan rings is 1. The minimum absolute atomic E-state index is 0.0358. The molecule has 3 heterocycles. The monoisotopic (exact) mass is 401 g/mol. The molecule has 152 valence electrons. The molecule has 29 heavy (non-hydrogen) atoms. The Bertz CT molecular complexity index is 1020. The van der Waals surface area contributed by atoms with Crippen molar-refractivity contribution < 1.29 is 18.9 Å². The van der Waals surface area contributed by atoms with E-state index in [1.54, 1.807) is 26.1 Å². The van der Waals surface area contributed by atoms with Gasteiger partial charge in [0.15, 0.2) is 5.69 Å². The summed E-state index contributed by atoms with van der Waals surface area (Å²) >= 11 is 0. The number of rotatable bonds is 8. The topological polar surface area (TPSA) is 150 Å². The molecule has 0 radical (unpaired) electrons. The zero-order valence-electron chi connectivity index (χ0n) is 15.7. The molecular formula is C17H19N7O5. The highest BCUT2D eigenvalue weighted by molar-refractivity contribution is 6.03. The Morgan fingerprint density at radius 1 is 1.38 bits per heavy atom. The van der Waals surface area contributed by atoms with Gasteiger partial charge in [0.2, 0.25) is 5.91 Å². The third-order valence-corrected chi connectivity index (χ3v) is 4.11. The van der Waals surface area contributed by atoms with Gasteiger partial charge in [-0.15, -0.1) is 0 Å². The van der Waals surface area contributed by atoms with Crippen molar-refractivity contribution in [3.63, 3.8) is 0 Å². The van der Waals surface area contributed by atoms with Crippen molar-refractivity contribution in [1.82, 2.24) is 24.9 Å². The Balaban J connectivity index is 1.73. The van der Waals surface area contributed by atoms with Crippen molar-refractivity contribution in [2.24, 2.45) is 7.05 Å². The fourth-order valence-corrected chi connectivity index (χ4v) is 2.71. The number of amides is 2. The van der Waals surface area contributed by atoms with Crippen molar-refractivity contribution in [3.05, 3.63) is 58.6 Å². The first kappa shape index (κ1) is 19.8. The highest BCUT2D eigenvalue weighted by atomic mass is 16.6. The molecule has 0 aliphatic carbocycles. The summed E-state index contributed by atoms with van der Waals surface area (Å²) < 4.78 is 7.79. The molecule has 0 saturated heterocycles. The number of hydrogen-bond donors (Lipinski definition) is 2. The van der Waals surface area contributed by atoms with Crippen molar-refractivity contribution in [1.29, 1.82) is 0 Å². The molecule has 3 aromatic rings. The molecule has 2 amide bonds. The summed E-state index contributed by atoms with van der Waals surface area (Å²) in [6.45, 7) is 1.92. The lowest BCUT2D eigenvalue weighted by molar-refractivity contribution is -0.385. The van der Waals surface area contributed by atoms with Gasteiger partial charge in [0.25, 0.3) is 5.91 Å². The number of nitrogens with one attached hydrogen (secondary N) is 2. The van der Waals surface area contributed by atoms with Crippen LogP contribution in [-0.2, 0) is 18.4 Å². The predicted molar refractivity (Wildman–Crippen MR) is 99.9 cm³/mol. The number of carbonyl (C=O) groups excluding carboxylic acids is 2. The van der Waals surface area contributed by atoms with E-state index in [9.17, 15) is 19.7 Å². The molecule has 0 saturated carbocycles. The number of aromatic nitrogens is 4. The number of nitrogens with zero attached hydrogens (tertiary/aromatic N) is 5. The van der Waals surface area contributed by atoms with E-state index in [-0.39, 0.29) is 23.6 Å². The van der Waals surface area contributed by atoms with Crippen LogP contribution in [0.2, 0.25) is 0 Å². The molecule has 3 rings (SSSR count). The van der Waals surface area contributed by atoms with Gasteiger partial charge in [0, 0.05) is 13.2 Å². The Labute approximate surface area is 164 Å². The third-order valence-electron chi connectivity index (χ3n) is 4.11. The zero-order valence-corrected chi connectivity index (χ0v) is 15.7. The molecule has 12 heteroatoms. The molecule has 0 aliphatic heterocycles. The van der Waals surface area contributed by atoms with E-state index in [0.717, 1.165) is 6.20 Å². The molecular weight excluding hydrogens is 382 g/mol. The van der Waals surface area contributed by atoms with Crippen molar-refractivity contribution in [3.8, 4) is 0 Å². The van der Waals surface area contributed by atoms with Crippen LogP contribution in [0.4, 0.5) is 11.4 Å². The summed E-state index contributed by atoms with van der Waals surface area (Å²) in [7, 11) is 1.62. The van der Waals surface area contributed by atoms with Crippen LogP contribution in [0.15, 0.2) is 41.4 Å². The molecule has 1 atom stereocenters. The highest BCUT2D eigenvalue weighted by Gasteiger charge is 2.25. The van der Waals surface area contributed by atoms with Crippen molar-refractivity contribution in [2.75, 3.05) is 5.32 Å². The average Bonchev–Trinajstić information content (AvgIpc) is 3.41. The summed E-state index contributed by atoms with van der Waals surface area (Å²) in [4.78, 5) is 35.5. The fraction of sp³-hybridized carbons (Fsp3) is 0.294. The highest BCUT2D eigenvalue weighted by Crippen LogP contribution is 2.20. The van der Waals surface area contributed by atoms with E-state index in [4.69, 9.17) is 4.42 Å². The Hall–Kier alpha value is -3.96. The van der Waals surface area contributed by atoms with Gasteiger partial charge in [-0.2, -0.15) is 10.2 Å². The average molecular weight is 401 g/mol. The molecule has 0 bridgehead atoms. The lowest BCUT2D eigenvalue weighted by Gasteiger charge is -2.15. The number of hydrogen-bond acceptors (Lipinski definition) is 7. The maximum absolute atomic E-state index is 12.7. The summed E-state index contributed by atoms with van der Waals surface area (Å²) in [5.41, 5.74) is 0.0406. The lowest BCUT2D eigenvalue weighted by atomic mass is 10.2. The lowest BCUT2D eigenvalue weighted by Crippen LogP contribution is -2.28. The van der Waals surface area contributed by atoms with Crippen LogP contribution in [0.1, 0.15) is 35.6 Å². The molecule has 3 aromatic heterocycles. The quantitative estimate of drug-likeness (QED) is 0.430. The zero-order chi connectivity index (χ0) is 21.0. The van der Waals surface area contributed by atoms with Crippen LogP contribution in [-0.4, -0.2) is 36.3 Å². The van der Waals surface area contributed by atoms with E-state index in [0.29, 0.717) is 12.2 Å². The number of aryl methyl sites for hydroxylation is 1. The van der Waals surface area contributed by atoms with Gasteiger partial charge in [-0.05, 0) is 18.6 Å². The number of carbonyl (C=O) groups is 2. The first-order valence-electron chi connectivity index (χ1n) is 8.72. The summed E-state index contributed by atoms with van der Waals surface area (Å²) in [6.07, 6.45) is 5.60. The first-order valence-corrected chi connectivity index (χ1v) is 8.72. The van der Waals surface area contributed by atoms with Crippen LogP contribution in [0, 0.1) is 10.1 Å². The van der Waals surface area contributed by atoms with E-state index in [2.05, 4.69) is 20.8 Å². The molecule has 0 aromatic carbocycles. The molecule has 1 unspecified atom stereocenters. The van der Waals surface area contributed by atoms with E-state index in [1.807, 2.05) is 0 Å². The second-order valence-electron chi connectivity index (χ2n) is 6.18. The van der Waals surface area contributed by atoms with E-state index < -0.39 is 22.8 Å². The van der Waals surface area contributed by atoms with Crippen LogP contribution in [0.3, 0.4) is 0 Å².